The maximum Gasteiger partial charge on any atom is 0.315 e. The molecule has 1 atom stereocenters. The Morgan fingerprint density at radius 3 is 2.81 bits per heavy atom. The minimum atomic E-state index is -0.282. The minimum Gasteiger partial charge on any atom is -0.337 e. The second-order valence-electron chi connectivity index (χ2n) is 5.26. The molecule has 0 bridgehead atoms. The highest BCUT2D eigenvalue weighted by Crippen LogP contribution is 2.23. The molecule has 1 saturated heterocycles. The van der Waals surface area contributed by atoms with Crippen molar-refractivity contribution in [1.82, 2.24) is 10.6 Å². The van der Waals surface area contributed by atoms with Crippen molar-refractivity contribution in [2.45, 2.75) is 26.3 Å². The van der Waals surface area contributed by atoms with Crippen molar-refractivity contribution in [1.29, 1.82) is 0 Å². The van der Waals surface area contributed by atoms with Crippen LogP contribution in [0.4, 0.5) is 10.5 Å². The molecule has 0 saturated carbocycles. The lowest BCUT2D eigenvalue weighted by Gasteiger charge is -2.18. The van der Waals surface area contributed by atoms with E-state index in [2.05, 4.69) is 10.6 Å². The summed E-state index contributed by atoms with van der Waals surface area (Å²) in [5.74, 6) is 0.395. The molecule has 114 valence electrons. The van der Waals surface area contributed by atoms with Crippen molar-refractivity contribution in [3.63, 3.8) is 0 Å². The molecular weight excluding hydrogens is 290 g/mol. The summed E-state index contributed by atoms with van der Waals surface area (Å²) in [4.78, 5) is 25.4. The Hall–Kier alpha value is -1.75. The molecule has 2 rings (SSSR count). The van der Waals surface area contributed by atoms with Gasteiger partial charge < -0.3 is 15.5 Å². The fraction of sp³-hybridized carbons (Fsp3) is 0.467. The van der Waals surface area contributed by atoms with E-state index in [1.54, 1.807) is 4.90 Å². The number of hydrogen-bond acceptors (Lipinski definition) is 2. The van der Waals surface area contributed by atoms with Gasteiger partial charge in [0.05, 0.1) is 6.04 Å². The van der Waals surface area contributed by atoms with E-state index in [0.717, 1.165) is 11.3 Å². The number of hydrogen-bond donors (Lipinski definition) is 2. The molecular formula is C15H20ClN3O2. The van der Waals surface area contributed by atoms with Crippen LogP contribution in [-0.4, -0.2) is 36.9 Å². The summed E-state index contributed by atoms with van der Waals surface area (Å²) in [5.41, 5.74) is 3.23. The van der Waals surface area contributed by atoms with E-state index in [-0.39, 0.29) is 18.0 Å². The molecule has 2 N–H and O–H groups in total. The summed E-state index contributed by atoms with van der Waals surface area (Å²) in [6.45, 7) is 4.97. The van der Waals surface area contributed by atoms with Crippen molar-refractivity contribution >= 4 is 29.2 Å². The van der Waals surface area contributed by atoms with Crippen molar-refractivity contribution in [3.8, 4) is 0 Å². The van der Waals surface area contributed by atoms with Gasteiger partial charge in [-0.2, -0.15) is 0 Å². The first kappa shape index (κ1) is 15.6. The fourth-order valence-corrected chi connectivity index (χ4v) is 2.44. The van der Waals surface area contributed by atoms with Gasteiger partial charge in [0.15, 0.2) is 0 Å². The lowest BCUT2D eigenvalue weighted by atomic mass is 10.1. The smallest absolute Gasteiger partial charge is 0.315 e. The summed E-state index contributed by atoms with van der Waals surface area (Å²) < 4.78 is 0. The predicted molar refractivity (Wildman–Crippen MR) is 83.9 cm³/mol. The van der Waals surface area contributed by atoms with Crippen LogP contribution in [-0.2, 0) is 4.79 Å². The number of anilines is 1. The normalized spacial score (nSPS) is 18.0. The average molecular weight is 310 g/mol. The van der Waals surface area contributed by atoms with E-state index in [9.17, 15) is 9.59 Å². The Morgan fingerprint density at radius 2 is 2.14 bits per heavy atom. The van der Waals surface area contributed by atoms with Crippen LogP contribution >= 0.6 is 11.6 Å². The third kappa shape index (κ3) is 3.88. The Kier molecular flexibility index (Phi) is 5.07. The average Bonchev–Trinajstić information content (AvgIpc) is 2.80. The molecule has 21 heavy (non-hydrogen) atoms. The van der Waals surface area contributed by atoms with Gasteiger partial charge in [0.25, 0.3) is 0 Å². The van der Waals surface area contributed by atoms with Crippen LogP contribution in [0.5, 0.6) is 0 Å². The second-order valence-corrected chi connectivity index (χ2v) is 5.64. The van der Waals surface area contributed by atoms with Crippen molar-refractivity contribution in [2.75, 3.05) is 23.9 Å². The number of amides is 3. The molecule has 3 amide bonds. The molecule has 0 aliphatic carbocycles. The molecule has 0 aromatic heterocycles. The third-order valence-electron chi connectivity index (χ3n) is 3.64. The number of urea groups is 1. The summed E-state index contributed by atoms with van der Waals surface area (Å²) >= 11 is 5.51. The van der Waals surface area contributed by atoms with Crippen molar-refractivity contribution < 1.29 is 9.59 Å². The van der Waals surface area contributed by atoms with E-state index in [1.165, 1.54) is 5.56 Å². The van der Waals surface area contributed by atoms with Crippen molar-refractivity contribution in [2.24, 2.45) is 0 Å². The molecule has 1 aromatic rings. The maximum absolute atomic E-state index is 12.1. The number of halogens is 1. The van der Waals surface area contributed by atoms with Crippen molar-refractivity contribution in [3.05, 3.63) is 29.3 Å². The SMILES string of the molecule is Cc1ccc(N2CC(NC(=O)NCCCl)CC2=O)cc1C. The van der Waals surface area contributed by atoms with Crippen LogP contribution in [0, 0.1) is 13.8 Å². The Labute approximate surface area is 129 Å². The lowest BCUT2D eigenvalue weighted by molar-refractivity contribution is -0.117. The zero-order chi connectivity index (χ0) is 15.4. The standard InChI is InChI=1S/C15H20ClN3O2/c1-10-3-4-13(7-11(10)2)19-9-12(8-14(19)20)18-15(21)17-6-5-16/h3-4,7,12H,5-6,8-9H2,1-2H3,(H2,17,18,21). The third-order valence-corrected chi connectivity index (χ3v) is 3.83. The van der Waals surface area contributed by atoms with E-state index in [1.807, 2.05) is 32.0 Å². The number of rotatable bonds is 4. The van der Waals surface area contributed by atoms with Gasteiger partial charge in [0.2, 0.25) is 5.91 Å². The van der Waals surface area contributed by atoms with Gasteiger partial charge in [-0.3, -0.25) is 4.79 Å². The highest BCUT2D eigenvalue weighted by atomic mass is 35.5. The van der Waals surface area contributed by atoms with Gasteiger partial charge in [-0.15, -0.1) is 11.6 Å². The van der Waals surface area contributed by atoms with Gasteiger partial charge in [0.1, 0.15) is 0 Å². The number of nitrogens with zero attached hydrogens (tertiary/aromatic N) is 1. The van der Waals surface area contributed by atoms with Crippen LogP contribution in [0.1, 0.15) is 17.5 Å². The van der Waals surface area contributed by atoms with Crippen LogP contribution in [0.3, 0.4) is 0 Å². The molecule has 5 nitrogen and oxygen atoms in total. The van der Waals surface area contributed by atoms with Gasteiger partial charge in [0, 0.05) is 31.1 Å². The van der Waals surface area contributed by atoms with Gasteiger partial charge in [-0.1, -0.05) is 6.07 Å². The summed E-state index contributed by atoms with van der Waals surface area (Å²) in [5, 5.41) is 5.43. The van der Waals surface area contributed by atoms with E-state index in [4.69, 9.17) is 11.6 Å². The van der Waals surface area contributed by atoms with Crippen LogP contribution in [0.2, 0.25) is 0 Å². The zero-order valence-corrected chi connectivity index (χ0v) is 13.0. The van der Waals surface area contributed by atoms with Gasteiger partial charge in [-0.25, -0.2) is 4.79 Å². The van der Waals surface area contributed by atoms with E-state index >= 15 is 0 Å². The molecule has 1 aromatic carbocycles. The lowest BCUT2D eigenvalue weighted by Crippen LogP contribution is -2.43. The van der Waals surface area contributed by atoms with Crippen LogP contribution < -0.4 is 15.5 Å². The predicted octanol–water partition coefficient (Wildman–Crippen LogP) is 1.95. The molecule has 1 aliphatic heterocycles. The number of aryl methyl sites for hydroxylation is 2. The number of alkyl halides is 1. The molecule has 0 spiro atoms. The maximum atomic E-state index is 12.1. The largest absolute Gasteiger partial charge is 0.337 e. The number of nitrogens with one attached hydrogen (secondary N) is 2. The summed E-state index contributed by atoms with van der Waals surface area (Å²) in [6.07, 6.45) is 0.321. The monoisotopic (exact) mass is 309 g/mol. The quantitative estimate of drug-likeness (QED) is 0.835. The van der Waals surface area contributed by atoms with Crippen LogP contribution in [0.15, 0.2) is 18.2 Å². The second kappa shape index (κ2) is 6.80. The van der Waals surface area contributed by atoms with Crippen LogP contribution in [0.25, 0.3) is 0 Å². The zero-order valence-electron chi connectivity index (χ0n) is 12.3. The topological polar surface area (TPSA) is 61.4 Å². The minimum absolute atomic E-state index is 0.0286. The molecule has 1 heterocycles. The number of benzene rings is 1. The Bertz CT molecular complexity index is 548. The molecule has 6 heteroatoms. The Morgan fingerprint density at radius 1 is 1.38 bits per heavy atom. The first-order valence-corrected chi connectivity index (χ1v) is 7.52. The molecule has 1 aliphatic rings. The highest BCUT2D eigenvalue weighted by molar-refractivity contribution is 6.18. The van der Waals surface area contributed by atoms with E-state index in [0.29, 0.717) is 25.4 Å². The summed E-state index contributed by atoms with van der Waals surface area (Å²) in [6, 6.07) is 5.50. The molecule has 0 radical (unpaired) electrons. The first-order chi connectivity index (χ1) is 10.0. The van der Waals surface area contributed by atoms with E-state index < -0.39 is 0 Å². The fourth-order valence-electron chi connectivity index (χ4n) is 2.34. The highest BCUT2D eigenvalue weighted by Gasteiger charge is 2.31. The summed E-state index contributed by atoms with van der Waals surface area (Å²) in [7, 11) is 0. The first-order valence-electron chi connectivity index (χ1n) is 6.99. The number of carbonyl (C=O) groups is 2. The molecule has 1 unspecified atom stereocenters. The Balaban J connectivity index is 1.99. The van der Waals surface area contributed by atoms with Gasteiger partial charge >= 0.3 is 6.03 Å². The van der Waals surface area contributed by atoms with Gasteiger partial charge in [-0.05, 0) is 37.1 Å². The molecule has 1 fully saturated rings. The number of carbonyl (C=O) groups excluding carboxylic acids is 2.